The number of rotatable bonds is 5. The van der Waals surface area contributed by atoms with Crippen LogP contribution in [-0.4, -0.2) is 11.8 Å². The Hall–Kier alpha value is -3.79. The second-order valence-electron chi connectivity index (χ2n) is 5.13. The van der Waals surface area contributed by atoms with E-state index in [9.17, 15) is 9.59 Å². The number of hydrogen-bond donors (Lipinski definition) is 1. The van der Waals surface area contributed by atoms with E-state index in [2.05, 4.69) is 21.6 Å². The van der Waals surface area contributed by atoms with E-state index in [1.54, 1.807) is 36.4 Å². The molecule has 0 saturated heterocycles. The fourth-order valence-electron chi connectivity index (χ4n) is 2.13. The van der Waals surface area contributed by atoms with Gasteiger partial charge in [-0.2, -0.15) is 5.26 Å². The molecule has 0 saturated carbocycles. The standard InChI is InChI=1S/C18H12N4O3/c19-9-8-12-4-6-14(7-5-12)25-15-3-1-2-13(10-15)18(24)20-16-11-17(23)22-21-16/h1-7,10-11H,8H2,(H,20,24). The van der Waals surface area contributed by atoms with E-state index in [0.717, 1.165) is 11.6 Å². The third kappa shape index (κ3) is 4.14. The molecule has 7 heteroatoms. The van der Waals surface area contributed by atoms with E-state index in [-0.39, 0.29) is 5.82 Å². The third-order valence-electron chi connectivity index (χ3n) is 3.30. The number of amides is 2. The molecule has 122 valence electrons. The van der Waals surface area contributed by atoms with Crippen molar-refractivity contribution in [1.82, 2.24) is 5.32 Å². The molecule has 7 nitrogen and oxygen atoms in total. The Labute approximate surface area is 143 Å². The topological polar surface area (TPSA) is 104 Å². The van der Waals surface area contributed by atoms with Crippen LogP contribution in [0, 0.1) is 11.3 Å². The number of carbonyl (C=O) groups is 2. The fourth-order valence-corrected chi connectivity index (χ4v) is 2.13. The molecular weight excluding hydrogens is 320 g/mol. The normalized spacial score (nSPS) is 12.4. The highest BCUT2D eigenvalue weighted by atomic mass is 16.5. The molecule has 0 unspecified atom stereocenters. The maximum absolute atomic E-state index is 12.2. The van der Waals surface area contributed by atoms with E-state index in [1.807, 2.05) is 12.1 Å². The van der Waals surface area contributed by atoms with Gasteiger partial charge in [-0.1, -0.05) is 18.2 Å². The van der Waals surface area contributed by atoms with Crippen molar-refractivity contribution in [2.45, 2.75) is 6.42 Å². The maximum atomic E-state index is 12.2. The quantitative estimate of drug-likeness (QED) is 0.908. The second-order valence-corrected chi connectivity index (χ2v) is 5.13. The van der Waals surface area contributed by atoms with Gasteiger partial charge < -0.3 is 10.1 Å². The number of carbonyl (C=O) groups excluding carboxylic acids is 2. The fraction of sp³-hybridized carbons (Fsp3) is 0.0556. The zero-order chi connectivity index (χ0) is 17.6. The van der Waals surface area contributed by atoms with Gasteiger partial charge in [0.25, 0.3) is 11.8 Å². The number of ether oxygens (including phenoxy) is 1. The molecular formula is C18H12N4O3. The van der Waals surface area contributed by atoms with E-state index >= 15 is 0 Å². The largest absolute Gasteiger partial charge is 0.457 e. The first kappa shape index (κ1) is 16.1. The first-order valence-electron chi connectivity index (χ1n) is 7.36. The van der Waals surface area contributed by atoms with Gasteiger partial charge >= 0.3 is 0 Å². The number of nitrogens with one attached hydrogen (secondary N) is 1. The summed E-state index contributed by atoms with van der Waals surface area (Å²) in [5.74, 6) is 0.257. The van der Waals surface area contributed by atoms with E-state index in [1.165, 1.54) is 0 Å². The van der Waals surface area contributed by atoms with Gasteiger partial charge in [-0.15, -0.1) is 10.2 Å². The van der Waals surface area contributed by atoms with Crippen LogP contribution in [0.5, 0.6) is 11.5 Å². The lowest BCUT2D eigenvalue weighted by Gasteiger charge is -2.08. The average Bonchev–Trinajstić information content (AvgIpc) is 3.02. The molecule has 1 N–H and O–H groups in total. The molecule has 0 aromatic heterocycles. The molecule has 0 atom stereocenters. The first-order chi connectivity index (χ1) is 12.1. The SMILES string of the molecule is N#CCc1ccc(Oc2cccc(C(=O)NC3=CC(=O)N=N3)c2)cc1. The van der Waals surface area contributed by atoms with Crippen molar-refractivity contribution in [3.05, 3.63) is 71.6 Å². The summed E-state index contributed by atoms with van der Waals surface area (Å²) in [5.41, 5.74) is 1.26. The van der Waals surface area contributed by atoms with Crippen LogP contribution in [0.25, 0.3) is 0 Å². The summed E-state index contributed by atoms with van der Waals surface area (Å²) in [5, 5.41) is 18.0. The van der Waals surface area contributed by atoms with Crippen molar-refractivity contribution in [2.24, 2.45) is 10.2 Å². The summed E-state index contributed by atoms with van der Waals surface area (Å²) in [6, 6.07) is 15.8. The summed E-state index contributed by atoms with van der Waals surface area (Å²) >= 11 is 0. The van der Waals surface area contributed by atoms with Crippen molar-refractivity contribution in [1.29, 1.82) is 5.26 Å². The van der Waals surface area contributed by atoms with Gasteiger partial charge in [0.1, 0.15) is 11.5 Å². The van der Waals surface area contributed by atoms with E-state index in [0.29, 0.717) is 23.5 Å². The Kier molecular flexibility index (Phi) is 4.62. The Morgan fingerprint density at radius 3 is 2.60 bits per heavy atom. The van der Waals surface area contributed by atoms with Gasteiger partial charge in [-0.25, -0.2) is 0 Å². The minimum atomic E-state index is -0.507. The lowest BCUT2D eigenvalue weighted by molar-refractivity contribution is -0.113. The minimum Gasteiger partial charge on any atom is -0.457 e. The van der Waals surface area contributed by atoms with Gasteiger partial charge in [0.05, 0.1) is 18.6 Å². The van der Waals surface area contributed by atoms with Crippen LogP contribution in [0.15, 0.2) is 70.7 Å². The Morgan fingerprint density at radius 1 is 1.12 bits per heavy atom. The van der Waals surface area contributed by atoms with Gasteiger partial charge in [-0.05, 0) is 35.9 Å². The summed E-state index contributed by atoms with van der Waals surface area (Å²) in [7, 11) is 0. The molecule has 1 heterocycles. The molecule has 1 aliphatic heterocycles. The van der Waals surface area contributed by atoms with Crippen molar-refractivity contribution in [3.63, 3.8) is 0 Å². The number of azo groups is 1. The van der Waals surface area contributed by atoms with Gasteiger partial charge in [0.2, 0.25) is 0 Å². The monoisotopic (exact) mass is 332 g/mol. The average molecular weight is 332 g/mol. The highest BCUT2D eigenvalue weighted by molar-refractivity contribution is 5.97. The van der Waals surface area contributed by atoms with Crippen LogP contribution in [0.4, 0.5) is 0 Å². The highest BCUT2D eigenvalue weighted by Gasteiger charge is 2.13. The number of nitrogens with zero attached hydrogens (tertiary/aromatic N) is 3. The van der Waals surface area contributed by atoms with Crippen LogP contribution in [-0.2, 0) is 11.2 Å². The predicted molar refractivity (Wildman–Crippen MR) is 87.7 cm³/mol. The minimum absolute atomic E-state index is 0.106. The molecule has 2 amide bonds. The lowest BCUT2D eigenvalue weighted by atomic mass is 10.1. The van der Waals surface area contributed by atoms with Gasteiger partial charge in [-0.3, -0.25) is 9.59 Å². The molecule has 0 spiro atoms. The molecule has 2 aromatic carbocycles. The summed E-state index contributed by atoms with van der Waals surface area (Å²) in [6.07, 6.45) is 1.48. The van der Waals surface area contributed by atoms with E-state index < -0.39 is 11.8 Å². The van der Waals surface area contributed by atoms with Gasteiger partial charge in [0, 0.05) is 5.56 Å². The van der Waals surface area contributed by atoms with Crippen molar-refractivity contribution < 1.29 is 14.3 Å². The lowest BCUT2D eigenvalue weighted by Crippen LogP contribution is -2.21. The van der Waals surface area contributed by atoms with Crippen LogP contribution < -0.4 is 10.1 Å². The molecule has 25 heavy (non-hydrogen) atoms. The molecule has 3 rings (SSSR count). The molecule has 0 radical (unpaired) electrons. The number of nitriles is 1. The third-order valence-corrected chi connectivity index (χ3v) is 3.30. The van der Waals surface area contributed by atoms with Crippen LogP contribution >= 0.6 is 0 Å². The van der Waals surface area contributed by atoms with Crippen LogP contribution in [0.3, 0.4) is 0 Å². The van der Waals surface area contributed by atoms with Crippen LogP contribution in [0.1, 0.15) is 15.9 Å². The predicted octanol–water partition coefficient (Wildman–Crippen LogP) is 3.11. The Balaban J connectivity index is 1.69. The molecule has 0 aliphatic carbocycles. The number of benzene rings is 2. The van der Waals surface area contributed by atoms with Crippen molar-refractivity contribution in [2.75, 3.05) is 0 Å². The van der Waals surface area contributed by atoms with Crippen molar-refractivity contribution in [3.8, 4) is 17.6 Å². The highest BCUT2D eigenvalue weighted by Crippen LogP contribution is 2.23. The maximum Gasteiger partial charge on any atom is 0.292 e. The molecule has 0 fully saturated rings. The smallest absolute Gasteiger partial charge is 0.292 e. The summed E-state index contributed by atoms with van der Waals surface area (Å²) in [4.78, 5) is 23.1. The summed E-state index contributed by atoms with van der Waals surface area (Å²) in [6.45, 7) is 0. The number of hydrogen-bond acceptors (Lipinski definition) is 5. The molecule has 1 aliphatic rings. The molecule has 0 bridgehead atoms. The second kappa shape index (κ2) is 7.19. The van der Waals surface area contributed by atoms with Crippen molar-refractivity contribution >= 4 is 11.8 Å². The zero-order valence-corrected chi connectivity index (χ0v) is 13.0. The Morgan fingerprint density at radius 2 is 1.92 bits per heavy atom. The zero-order valence-electron chi connectivity index (χ0n) is 13.0. The first-order valence-corrected chi connectivity index (χ1v) is 7.36. The summed E-state index contributed by atoms with van der Waals surface area (Å²) < 4.78 is 5.72. The Bertz CT molecular complexity index is 924. The van der Waals surface area contributed by atoms with E-state index in [4.69, 9.17) is 10.00 Å². The molecule has 2 aromatic rings. The van der Waals surface area contributed by atoms with Crippen LogP contribution in [0.2, 0.25) is 0 Å². The van der Waals surface area contributed by atoms with Gasteiger partial charge in [0.15, 0.2) is 5.82 Å².